The molecular weight excluding hydrogens is 288 g/mol. The van der Waals surface area contributed by atoms with E-state index in [-0.39, 0.29) is 24.9 Å². The summed E-state index contributed by atoms with van der Waals surface area (Å²) in [6.45, 7) is 1.91. The molecule has 1 aliphatic rings. The van der Waals surface area contributed by atoms with E-state index in [1.807, 2.05) is 42.1 Å². The highest BCUT2D eigenvalue weighted by atomic mass is 32.2. The average Bonchev–Trinajstić information content (AvgIpc) is 2.49. The summed E-state index contributed by atoms with van der Waals surface area (Å²) in [4.78, 5) is 25.2. The molecule has 1 aromatic carbocycles. The first-order valence-electron chi connectivity index (χ1n) is 7.05. The second-order valence-electron chi connectivity index (χ2n) is 4.90. The van der Waals surface area contributed by atoms with Crippen molar-refractivity contribution in [2.24, 2.45) is 0 Å². The SMILES string of the molecule is O=C(O)CCNC(=O)C(c1ccccc1)N1CCSCC1. The van der Waals surface area contributed by atoms with Gasteiger partial charge in [0.05, 0.1) is 6.42 Å². The molecule has 0 spiro atoms. The quantitative estimate of drug-likeness (QED) is 0.830. The number of thioether (sulfide) groups is 1. The maximum absolute atomic E-state index is 12.5. The highest BCUT2D eigenvalue weighted by Crippen LogP contribution is 2.24. The highest BCUT2D eigenvalue weighted by Gasteiger charge is 2.28. The van der Waals surface area contributed by atoms with Crippen LogP contribution in [0.3, 0.4) is 0 Å². The number of carboxylic acid groups (broad SMARTS) is 1. The fourth-order valence-electron chi connectivity index (χ4n) is 2.39. The zero-order chi connectivity index (χ0) is 15.1. The number of amides is 1. The first kappa shape index (κ1) is 15.9. The molecule has 0 aromatic heterocycles. The monoisotopic (exact) mass is 308 g/mol. The molecule has 2 N–H and O–H groups in total. The van der Waals surface area contributed by atoms with E-state index in [4.69, 9.17) is 5.11 Å². The van der Waals surface area contributed by atoms with Crippen LogP contribution in [0.4, 0.5) is 0 Å². The standard InChI is InChI=1S/C15H20N2O3S/c18-13(19)6-7-16-15(20)14(12-4-2-1-3-5-12)17-8-10-21-11-9-17/h1-5,14H,6-11H2,(H,16,20)(H,18,19). The zero-order valence-corrected chi connectivity index (χ0v) is 12.6. The Balaban J connectivity index is 2.07. The van der Waals surface area contributed by atoms with Crippen LogP contribution in [0.25, 0.3) is 0 Å². The molecule has 5 nitrogen and oxygen atoms in total. The minimum Gasteiger partial charge on any atom is -0.481 e. The Kier molecular flexibility index (Phi) is 6.07. The summed E-state index contributed by atoms with van der Waals surface area (Å²) >= 11 is 1.89. The normalized spacial score (nSPS) is 17.1. The van der Waals surface area contributed by atoms with Gasteiger partial charge in [-0.25, -0.2) is 0 Å². The van der Waals surface area contributed by atoms with Crippen LogP contribution in [-0.4, -0.2) is 53.0 Å². The van der Waals surface area contributed by atoms with E-state index < -0.39 is 5.97 Å². The summed E-state index contributed by atoms with van der Waals surface area (Å²) in [5, 5.41) is 11.4. The Morgan fingerprint density at radius 2 is 1.90 bits per heavy atom. The summed E-state index contributed by atoms with van der Waals surface area (Å²) in [6, 6.07) is 9.33. The summed E-state index contributed by atoms with van der Waals surface area (Å²) in [5.74, 6) is 1.02. The van der Waals surface area contributed by atoms with Crippen LogP contribution in [0.1, 0.15) is 18.0 Å². The van der Waals surface area contributed by atoms with Gasteiger partial charge in [0.15, 0.2) is 0 Å². The highest BCUT2D eigenvalue weighted by molar-refractivity contribution is 7.99. The van der Waals surface area contributed by atoms with E-state index in [9.17, 15) is 9.59 Å². The molecule has 2 rings (SSSR count). The zero-order valence-electron chi connectivity index (χ0n) is 11.8. The molecule has 1 aromatic rings. The fraction of sp³-hybridized carbons (Fsp3) is 0.467. The smallest absolute Gasteiger partial charge is 0.305 e. The van der Waals surface area contributed by atoms with Crippen molar-refractivity contribution in [1.82, 2.24) is 10.2 Å². The topological polar surface area (TPSA) is 69.6 Å². The van der Waals surface area contributed by atoms with Crippen molar-refractivity contribution < 1.29 is 14.7 Å². The molecule has 6 heteroatoms. The maximum atomic E-state index is 12.5. The van der Waals surface area contributed by atoms with Crippen molar-refractivity contribution in [3.63, 3.8) is 0 Å². The minimum atomic E-state index is -0.902. The van der Waals surface area contributed by atoms with Crippen LogP contribution < -0.4 is 5.32 Å². The predicted molar refractivity (Wildman–Crippen MR) is 83.3 cm³/mol. The number of nitrogens with zero attached hydrogens (tertiary/aromatic N) is 1. The fourth-order valence-corrected chi connectivity index (χ4v) is 3.32. The molecule has 1 saturated heterocycles. The van der Waals surface area contributed by atoms with Crippen LogP contribution >= 0.6 is 11.8 Å². The lowest BCUT2D eigenvalue weighted by atomic mass is 10.0. The van der Waals surface area contributed by atoms with Gasteiger partial charge in [-0.15, -0.1) is 0 Å². The molecule has 114 valence electrons. The van der Waals surface area contributed by atoms with Gasteiger partial charge in [-0.1, -0.05) is 30.3 Å². The molecule has 1 amide bonds. The molecule has 1 heterocycles. The van der Waals surface area contributed by atoms with Gasteiger partial charge in [-0.05, 0) is 5.56 Å². The van der Waals surface area contributed by atoms with Gasteiger partial charge in [0.2, 0.25) is 5.91 Å². The third-order valence-electron chi connectivity index (χ3n) is 3.41. The molecule has 21 heavy (non-hydrogen) atoms. The third kappa shape index (κ3) is 4.75. The number of hydrogen-bond donors (Lipinski definition) is 2. The summed E-state index contributed by atoms with van der Waals surface area (Å²) < 4.78 is 0. The summed E-state index contributed by atoms with van der Waals surface area (Å²) in [7, 11) is 0. The summed E-state index contributed by atoms with van der Waals surface area (Å²) in [6.07, 6.45) is -0.0525. The van der Waals surface area contributed by atoms with Crippen LogP contribution in [0.15, 0.2) is 30.3 Å². The van der Waals surface area contributed by atoms with Crippen LogP contribution in [0, 0.1) is 0 Å². The predicted octanol–water partition coefficient (Wildman–Crippen LogP) is 1.37. The van der Waals surface area contributed by atoms with E-state index in [0.29, 0.717) is 0 Å². The number of nitrogens with one attached hydrogen (secondary N) is 1. The number of benzene rings is 1. The van der Waals surface area contributed by atoms with Crippen molar-refractivity contribution in [1.29, 1.82) is 0 Å². The van der Waals surface area contributed by atoms with Gasteiger partial charge in [-0.3, -0.25) is 14.5 Å². The number of carboxylic acids is 1. The lowest BCUT2D eigenvalue weighted by molar-refractivity contribution is -0.137. The lowest BCUT2D eigenvalue weighted by Crippen LogP contribution is -2.44. The number of aliphatic carboxylic acids is 1. The minimum absolute atomic E-state index is 0.0525. The third-order valence-corrected chi connectivity index (χ3v) is 4.36. The second kappa shape index (κ2) is 8.05. The Morgan fingerprint density at radius 3 is 2.52 bits per heavy atom. The first-order valence-corrected chi connectivity index (χ1v) is 8.20. The van der Waals surface area contributed by atoms with E-state index in [1.165, 1.54) is 0 Å². The largest absolute Gasteiger partial charge is 0.481 e. The van der Waals surface area contributed by atoms with E-state index in [2.05, 4.69) is 10.2 Å². The van der Waals surface area contributed by atoms with Crippen molar-refractivity contribution >= 4 is 23.6 Å². The average molecular weight is 308 g/mol. The molecule has 0 aliphatic carbocycles. The lowest BCUT2D eigenvalue weighted by Gasteiger charge is -2.33. The van der Waals surface area contributed by atoms with Crippen molar-refractivity contribution in [3.8, 4) is 0 Å². The van der Waals surface area contributed by atoms with Crippen LogP contribution in [0.2, 0.25) is 0 Å². The first-order chi connectivity index (χ1) is 10.2. The summed E-state index contributed by atoms with van der Waals surface area (Å²) in [5.41, 5.74) is 0.956. The van der Waals surface area contributed by atoms with Crippen molar-refractivity contribution in [2.75, 3.05) is 31.1 Å². The Morgan fingerprint density at radius 1 is 1.24 bits per heavy atom. The number of carbonyl (C=O) groups is 2. The van der Waals surface area contributed by atoms with Crippen LogP contribution in [0.5, 0.6) is 0 Å². The van der Waals surface area contributed by atoms with Gasteiger partial charge in [0, 0.05) is 31.1 Å². The maximum Gasteiger partial charge on any atom is 0.305 e. The molecule has 0 bridgehead atoms. The number of carbonyl (C=O) groups excluding carboxylic acids is 1. The van der Waals surface area contributed by atoms with Gasteiger partial charge in [-0.2, -0.15) is 11.8 Å². The molecule has 0 saturated carbocycles. The Labute approximate surface area is 128 Å². The van der Waals surface area contributed by atoms with E-state index in [1.54, 1.807) is 0 Å². The number of hydrogen-bond acceptors (Lipinski definition) is 4. The van der Waals surface area contributed by atoms with Crippen molar-refractivity contribution in [3.05, 3.63) is 35.9 Å². The Bertz CT molecular complexity index is 475. The molecule has 1 fully saturated rings. The molecule has 1 aliphatic heterocycles. The van der Waals surface area contributed by atoms with Gasteiger partial charge < -0.3 is 10.4 Å². The molecule has 1 atom stereocenters. The van der Waals surface area contributed by atoms with E-state index >= 15 is 0 Å². The van der Waals surface area contributed by atoms with E-state index in [0.717, 1.165) is 30.2 Å². The van der Waals surface area contributed by atoms with Gasteiger partial charge in [0.25, 0.3) is 0 Å². The van der Waals surface area contributed by atoms with Crippen molar-refractivity contribution in [2.45, 2.75) is 12.5 Å². The molecular formula is C15H20N2O3S. The molecule has 1 unspecified atom stereocenters. The Hall–Kier alpha value is -1.53. The van der Waals surface area contributed by atoms with Crippen LogP contribution in [-0.2, 0) is 9.59 Å². The molecule has 0 radical (unpaired) electrons. The second-order valence-corrected chi connectivity index (χ2v) is 6.12. The van der Waals surface area contributed by atoms with Gasteiger partial charge in [0.1, 0.15) is 6.04 Å². The number of rotatable bonds is 6. The van der Waals surface area contributed by atoms with Gasteiger partial charge >= 0.3 is 5.97 Å².